The summed E-state index contributed by atoms with van der Waals surface area (Å²) in [6.07, 6.45) is 0.542. The first-order valence-corrected chi connectivity index (χ1v) is 6.41. The molecule has 0 saturated heterocycles. The Kier molecular flexibility index (Phi) is 5.35. The molecule has 1 aromatic carbocycles. The van der Waals surface area contributed by atoms with Crippen LogP contribution in [0.15, 0.2) is 30.3 Å². The van der Waals surface area contributed by atoms with Gasteiger partial charge in [-0.2, -0.15) is 0 Å². The van der Waals surface area contributed by atoms with Crippen molar-refractivity contribution in [1.82, 2.24) is 10.2 Å². The maximum atomic E-state index is 11.9. The molecule has 100 valence electrons. The van der Waals surface area contributed by atoms with E-state index >= 15 is 0 Å². The minimum atomic E-state index is 0.0677. The van der Waals surface area contributed by atoms with Crippen LogP contribution in [-0.2, 0) is 11.3 Å². The molecule has 0 fully saturated rings. The van der Waals surface area contributed by atoms with Crippen LogP contribution in [-0.4, -0.2) is 29.9 Å². The van der Waals surface area contributed by atoms with E-state index in [0.29, 0.717) is 13.0 Å². The first kappa shape index (κ1) is 14.7. The number of benzene rings is 1. The monoisotopic (exact) mass is 248 g/mol. The average Bonchev–Trinajstić information content (AvgIpc) is 2.28. The molecular weight excluding hydrogens is 224 g/mol. The van der Waals surface area contributed by atoms with Crippen LogP contribution in [0.1, 0.15) is 32.8 Å². The van der Waals surface area contributed by atoms with Crippen molar-refractivity contribution < 1.29 is 4.79 Å². The molecule has 1 aromatic rings. The van der Waals surface area contributed by atoms with Gasteiger partial charge in [0, 0.05) is 32.1 Å². The van der Waals surface area contributed by atoms with Crippen molar-refractivity contribution in [3.63, 3.8) is 0 Å². The lowest BCUT2D eigenvalue weighted by Crippen LogP contribution is -2.38. The van der Waals surface area contributed by atoms with E-state index in [1.165, 1.54) is 0 Å². The lowest BCUT2D eigenvalue weighted by molar-refractivity contribution is -0.130. The maximum Gasteiger partial charge on any atom is 0.223 e. The number of rotatable bonds is 5. The van der Waals surface area contributed by atoms with Crippen molar-refractivity contribution in [1.29, 1.82) is 0 Å². The molecule has 0 spiro atoms. The Morgan fingerprint density at radius 2 is 1.83 bits per heavy atom. The Morgan fingerprint density at radius 3 is 2.39 bits per heavy atom. The molecule has 0 bridgehead atoms. The van der Waals surface area contributed by atoms with Gasteiger partial charge >= 0.3 is 0 Å². The zero-order chi connectivity index (χ0) is 13.6. The molecule has 0 heterocycles. The van der Waals surface area contributed by atoms with E-state index in [2.05, 4.69) is 26.1 Å². The van der Waals surface area contributed by atoms with Gasteiger partial charge in [-0.3, -0.25) is 4.79 Å². The van der Waals surface area contributed by atoms with E-state index in [9.17, 15) is 4.79 Å². The highest BCUT2D eigenvalue weighted by atomic mass is 16.2. The van der Waals surface area contributed by atoms with Crippen LogP contribution in [0.5, 0.6) is 0 Å². The van der Waals surface area contributed by atoms with E-state index in [-0.39, 0.29) is 11.4 Å². The Labute approximate surface area is 110 Å². The van der Waals surface area contributed by atoms with Crippen LogP contribution in [0.4, 0.5) is 0 Å². The molecule has 18 heavy (non-hydrogen) atoms. The van der Waals surface area contributed by atoms with Crippen LogP contribution < -0.4 is 5.32 Å². The Hall–Kier alpha value is -1.35. The van der Waals surface area contributed by atoms with Crippen LogP contribution in [0.2, 0.25) is 0 Å². The predicted molar refractivity (Wildman–Crippen MR) is 75.3 cm³/mol. The Balaban J connectivity index is 2.34. The summed E-state index contributed by atoms with van der Waals surface area (Å²) in [6.45, 7) is 7.71. The van der Waals surface area contributed by atoms with Gasteiger partial charge in [-0.25, -0.2) is 0 Å². The number of hydrogen-bond acceptors (Lipinski definition) is 2. The van der Waals surface area contributed by atoms with Crippen LogP contribution >= 0.6 is 0 Å². The molecule has 0 aliphatic rings. The molecule has 1 N–H and O–H groups in total. The summed E-state index contributed by atoms with van der Waals surface area (Å²) in [5.74, 6) is 0.176. The lowest BCUT2D eigenvalue weighted by atomic mass is 10.1. The minimum absolute atomic E-state index is 0.0677. The van der Waals surface area contributed by atoms with E-state index in [4.69, 9.17) is 0 Å². The van der Waals surface area contributed by atoms with Crippen molar-refractivity contribution in [3.05, 3.63) is 35.9 Å². The van der Waals surface area contributed by atoms with E-state index < -0.39 is 0 Å². The third kappa shape index (κ3) is 5.82. The van der Waals surface area contributed by atoms with Gasteiger partial charge in [-0.15, -0.1) is 0 Å². The normalized spacial score (nSPS) is 11.3. The molecule has 0 atom stereocenters. The van der Waals surface area contributed by atoms with Crippen LogP contribution in [0.25, 0.3) is 0 Å². The fourth-order valence-corrected chi connectivity index (χ4v) is 1.68. The highest BCUT2D eigenvalue weighted by Gasteiger charge is 2.12. The number of carbonyl (C=O) groups excluding carboxylic acids is 1. The molecular formula is C15H24N2O. The lowest BCUT2D eigenvalue weighted by Gasteiger charge is -2.22. The molecule has 0 saturated carbocycles. The van der Waals surface area contributed by atoms with Gasteiger partial charge in [0.25, 0.3) is 0 Å². The number of hydrogen-bond donors (Lipinski definition) is 1. The van der Waals surface area contributed by atoms with Crippen molar-refractivity contribution in [3.8, 4) is 0 Å². The number of nitrogens with one attached hydrogen (secondary N) is 1. The minimum Gasteiger partial charge on any atom is -0.341 e. The first-order chi connectivity index (χ1) is 8.38. The highest BCUT2D eigenvalue weighted by molar-refractivity contribution is 5.76. The Morgan fingerprint density at radius 1 is 1.22 bits per heavy atom. The summed E-state index contributed by atoms with van der Waals surface area (Å²) in [5.41, 5.74) is 1.23. The maximum absolute atomic E-state index is 11.9. The number of carbonyl (C=O) groups is 1. The zero-order valence-corrected chi connectivity index (χ0v) is 11.9. The van der Waals surface area contributed by atoms with Gasteiger partial charge in [0.1, 0.15) is 0 Å². The smallest absolute Gasteiger partial charge is 0.223 e. The summed E-state index contributed by atoms with van der Waals surface area (Å²) in [6, 6.07) is 10.1. The first-order valence-electron chi connectivity index (χ1n) is 6.41. The van der Waals surface area contributed by atoms with Crippen LogP contribution in [0.3, 0.4) is 0 Å². The third-order valence-corrected chi connectivity index (χ3v) is 2.68. The molecule has 0 aromatic heterocycles. The average molecular weight is 248 g/mol. The number of amides is 1. The standard InChI is InChI=1S/C15H24N2O/c1-15(2,3)16-11-10-14(18)17(4)12-13-8-6-5-7-9-13/h5-9,16H,10-12H2,1-4H3. The molecule has 0 aliphatic heterocycles. The summed E-state index contributed by atoms with van der Waals surface area (Å²) < 4.78 is 0. The Bertz CT molecular complexity index is 368. The van der Waals surface area contributed by atoms with Gasteiger partial charge < -0.3 is 10.2 Å². The molecule has 0 unspecified atom stereocenters. The largest absolute Gasteiger partial charge is 0.341 e. The quantitative estimate of drug-likeness (QED) is 0.868. The second kappa shape index (κ2) is 6.55. The second-order valence-electron chi connectivity index (χ2n) is 5.66. The third-order valence-electron chi connectivity index (χ3n) is 2.68. The van der Waals surface area contributed by atoms with Gasteiger partial charge in [-0.1, -0.05) is 30.3 Å². The molecule has 3 nitrogen and oxygen atoms in total. The SMILES string of the molecule is CN(Cc1ccccc1)C(=O)CCNC(C)(C)C. The van der Waals surface area contributed by atoms with E-state index in [0.717, 1.165) is 12.1 Å². The topological polar surface area (TPSA) is 32.3 Å². The van der Waals surface area contributed by atoms with Gasteiger partial charge in [-0.05, 0) is 26.3 Å². The summed E-state index contributed by atoms with van der Waals surface area (Å²) in [5, 5.41) is 3.32. The fraction of sp³-hybridized carbons (Fsp3) is 0.533. The zero-order valence-electron chi connectivity index (χ0n) is 11.9. The highest BCUT2D eigenvalue weighted by Crippen LogP contribution is 2.04. The fourth-order valence-electron chi connectivity index (χ4n) is 1.68. The molecule has 0 radical (unpaired) electrons. The molecule has 1 amide bonds. The van der Waals surface area contributed by atoms with E-state index in [1.807, 2.05) is 37.4 Å². The molecule has 3 heteroatoms. The van der Waals surface area contributed by atoms with Gasteiger partial charge in [0.15, 0.2) is 0 Å². The molecule has 0 aliphatic carbocycles. The predicted octanol–water partition coefficient (Wildman–Crippen LogP) is 2.42. The summed E-state index contributed by atoms with van der Waals surface area (Å²) >= 11 is 0. The molecule has 1 rings (SSSR count). The number of nitrogens with zero attached hydrogens (tertiary/aromatic N) is 1. The van der Waals surface area contributed by atoms with Crippen LogP contribution in [0, 0.1) is 0 Å². The van der Waals surface area contributed by atoms with Gasteiger partial charge in [0.05, 0.1) is 0 Å². The van der Waals surface area contributed by atoms with E-state index in [1.54, 1.807) is 4.90 Å². The second-order valence-corrected chi connectivity index (χ2v) is 5.66. The summed E-state index contributed by atoms with van der Waals surface area (Å²) in [7, 11) is 1.85. The summed E-state index contributed by atoms with van der Waals surface area (Å²) in [4.78, 5) is 13.7. The van der Waals surface area contributed by atoms with Crippen molar-refractivity contribution >= 4 is 5.91 Å². The van der Waals surface area contributed by atoms with Gasteiger partial charge in [0.2, 0.25) is 5.91 Å². The van der Waals surface area contributed by atoms with Crippen molar-refractivity contribution in [2.24, 2.45) is 0 Å². The van der Waals surface area contributed by atoms with Crippen molar-refractivity contribution in [2.45, 2.75) is 39.3 Å². The van der Waals surface area contributed by atoms with Crippen molar-refractivity contribution in [2.75, 3.05) is 13.6 Å².